The van der Waals surface area contributed by atoms with Crippen molar-refractivity contribution >= 4 is 0 Å². The van der Waals surface area contributed by atoms with Gasteiger partial charge in [0.25, 0.3) is 0 Å². The Balaban J connectivity index is 2.01. The van der Waals surface area contributed by atoms with Gasteiger partial charge in [-0.1, -0.05) is 56.3 Å². The highest BCUT2D eigenvalue weighted by atomic mass is 16.5. The summed E-state index contributed by atoms with van der Waals surface area (Å²) in [6.07, 6.45) is 0.647. The second kappa shape index (κ2) is 6.83. The van der Waals surface area contributed by atoms with Gasteiger partial charge in [-0.3, -0.25) is 0 Å². The molecule has 1 unspecified atom stereocenters. The molecule has 1 heterocycles. The van der Waals surface area contributed by atoms with Gasteiger partial charge in [0.1, 0.15) is 0 Å². The fraction of sp³-hybridized carbons (Fsp3) is 0.500. The van der Waals surface area contributed by atoms with Crippen LogP contribution in [0.4, 0.5) is 0 Å². The zero-order valence-corrected chi connectivity index (χ0v) is 12.8. The van der Waals surface area contributed by atoms with Crippen LogP contribution in [0, 0.1) is 0 Å². The van der Waals surface area contributed by atoms with Gasteiger partial charge in [-0.15, -0.1) is 0 Å². The Bertz CT molecular complexity index is 546. The molecule has 21 heavy (non-hydrogen) atoms. The lowest BCUT2D eigenvalue weighted by Crippen LogP contribution is -2.22. The molecule has 114 valence electrons. The first-order chi connectivity index (χ1) is 10.0. The maximum Gasteiger partial charge on any atom is 0.232 e. The molecule has 5 heteroatoms. The first-order valence-electron chi connectivity index (χ1n) is 7.23. The highest BCUT2D eigenvalue weighted by molar-refractivity contribution is 5.18. The van der Waals surface area contributed by atoms with Gasteiger partial charge < -0.3 is 14.9 Å². The first-order valence-corrected chi connectivity index (χ1v) is 7.23. The number of rotatable bonds is 6. The molecule has 0 aliphatic carbocycles. The quantitative estimate of drug-likeness (QED) is 0.855. The summed E-state index contributed by atoms with van der Waals surface area (Å²) in [6, 6.07) is 10.1. The lowest BCUT2D eigenvalue weighted by atomic mass is 9.97. The minimum absolute atomic E-state index is 0.0767. The molecular formula is C16H23N3O2. The summed E-state index contributed by atoms with van der Waals surface area (Å²) in [5.74, 6) is 1.27. The van der Waals surface area contributed by atoms with E-state index in [1.165, 1.54) is 0 Å². The van der Waals surface area contributed by atoms with Gasteiger partial charge in [0.05, 0.1) is 6.54 Å². The van der Waals surface area contributed by atoms with E-state index < -0.39 is 0 Å². The average molecular weight is 289 g/mol. The van der Waals surface area contributed by atoms with E-state index in [0.29, 0.717) is 24.7 Å². The summed E-state index contributed by atoms with van der Waals surface area (Å²) in [6.45, 7) is 6.76. The number of aromatic nitrogens is 2. The molecule has 0 bridgehead atoms. The van der Waals surface area contributed by atoms with Gasteiger partial charge >= 0.3 is 0 Å². The summed E-state index contributed by atoms with van der Waals surface area (Å²) in [5, 5.41) is 16.6. The van der Waals surface area contributed by atoms with Crippen LogP contribution in [0.5, 0.6) is 0 Å². The Hall–Kier alpha value is -1.72. The Labute approximate surface area is 125 Å². The smallest absolute Gasteiger partial charge is 0.232 e. The first kappa shape index (κ1) is 15.7. The van der Waals surface area contributed by atoms with Crippen molar-refractivity contribution < 1.29 is 9.63 Å². The topological polar surface area (TPSA) is 71.2 Å². The van der Waals surface area contributed by atoms with Gasteiger partial charge in [0.2, 0.25) is 5.89 Å². The van der Waals surface area contributed by atoms with Crippen LogP contribution < -0.4 is 5.32 Å². The van der Waals surface area contributed by atoms with Crippen molar-refractivity contribution in [3.8, 4) is 0 Å². The molecule has 1 aromatic carbocycles. The van der Waals surface area contributed by atoms with Gasteiger partial charge in [-0.25, -0.2) is 0 Å². The number of hydrogen-bond acceptors (Lipinski definition) is 5. The van der Waals surface area contributed by atoms with E-state index >= 15 is 0 Å². The van der Waals surface area contributed by atoms with Gasteiger partial charge in [0, 0.05) is 18.1 Å². The number of hydrogen-bond donors (Lipinski definition) is 2. The highest BCUT2D eigenvalue weighted by Crippen LogP contribution is 2.20. The Morgan fingerprint density at radius 3 is 2.52 bits per heavy atom. The second-order valence-corrected chi connectivity index (χ2v) is 6.12. The minimum Gasteiger partial charge on any atom is -0.396 e. The van der Waals surface area contributed by atoms with Crippen LogP contribution in [-0.2, 0) is 12.0 Å². The third kappa shape index (κ3) is 4.37. The van der Waals surface area contributed by atoms with Crippen LogP contribution in [0.15, 0.2) is 34.9 Å². The fourth-order valence-electron chi connectivity index (χ4n) is 2.05. The zero-order valence-electron chi connectivity index (χ0n) is 12.8. The maximum atomic E-state index is 9.22. The summed E-state index contributed by atoms with van der Waals surface area (Å²) in [4.78, 5) is 4.40. The monoisotopic (exact) mass is 289 g/mol. The van der Waals surface area contributed by atoms with Crippen molar-refractivity contribution in [1.82, 2.24) is 15.5 Å². The fourth-order valence-corrected chi connectivity index (χ4v) is 2.05. The van der Waals surface area contributed by atoms with Crippen LogP contribution in [0.3, 0.4) is 0 Å². The van der Waals surface area contributed by atoms with Crippen molar-refractivity contribution in [1.29, 1.82) is 0 Å². The van der Waals surface area contributed by atoms with Gasteiger partial charge in [0.15, 0.2) is 5.82 Å². The van der Waals surface area contributed by atoms with E-state index in [0.717, 1.165) is 5.56 Å². The van der Waals surface area contributed by atoms with E-state index in [4.69, 9.17) is 4.52 Å². The Kier molecular flexibility index (Phi) is 5.09. The van der Waals surface area contributed by atoms with Gasteiger partial charge in [-0.2, -0.15) is 4.98 Å². The molecule has 0 fully saturated rings. The third-order valence-corrected chi connectivity index (χ3v) is 3.24. The van der Waals surface area contributed by atoms with E-state index in [2.05, 4.69) is 15.5 Å². The van der Waals surface area contributed by atoms with Crippen molar-refractivity contribution in [3.05, 3.63) is 47.6 Å². The molecule has 0 spiro atoms. The second-order valence-electron chi connectivity index (χ2n) is 6.12. The van der Waals surface area contributed by atoms with Crippen LogP contribution >= 0.6 is 0 Å². The van der Waals surface area contributed by atoms with E-state index in [9.17, 15) is 5.11 Å². The highest BCUT2D eigenvalue weighted by Gasteiger charge is 2.22. The van der Waals surface area contributed by atoms with Crippen molar-refractivity contribution in [2.24, 2.45) is 0 Å². The van der Waals surface area contributed by atoms with Crippen LogP contribution in [0.2, 0.25) is 0 Å². The molecular weight excluding hydrogens is 266 g/mol. The van der Waals surface area contributed by atoms with Crippen molar-refractivity contribution in [3.63, 3.8) is 0 Å². The standard InChI is InChI=1S/C16H23N3O2/c1-16(2,3)15-18-14(19-21-15)11-17-13(9-10-20)12-7-5-4-6-8-12/h4-8,13,17,20H,9-11H2,1-3H3. The lowest BCUT2D eigenvalue weighted by molar-refractivity contribution is 0.264. The van der Waals surface area contributed by atoms with E-state index in [1.54, 1.807) is 0 Å². The number of aliphatic hydroxyl groups is 1. The van der Waals surface area contributed by atoms with E-state index in [-0.39, 0.29) is 18.1 Å². The van der Waals surface area contributed by atoms with Gasteiger partial charge in [-0.05, 0) is 12.0 Å². The summed E-state index contributed by atoms with van der Waals surface area (Å²) in [5.41, 5.74) is 1.00. The third-order valence-electron chi connectivity index (χ3n) is 3.24. The molecule has 0 radical (unpaired) electrons. The molecule has 2 aromatic rings. The molecule has 1 atom stereocenters. The maximum absolute atomic E-state index is 9.22. The number of nitrogens with one attached hydrogen (secondary N) is 1. The van der Waals surface area contributed by atoms with Crippen LogP contribution in [0.25, 0.3) is 0 Å². The molecule has 5 nitrogen and oxygen atoms in total. The molecule has 0 aliphatic rings. The molecule has 2 N–H and O–H groups in total. The molecule has 1 aromatic heterocycles. The molecule has 2 rings (SSSR count). The summed E-state index contributed by atoms with van der Waals surface area (Å²) >= 11 is 0. The SMILES string of the molecule is CC(C)(C)c1nc(CNC(CCO)c2ccccc2)no1. The summed E-state index contributed by atoms with van der Waals surface area (Å²) in [7, 11) is 0. The van der Waals surface area contributed by atoms with Crippen LogP contribution in [-0.4, -0.2) is 21.9 Å². The predicted octanol–water partition coefficient (Wildman–Crippen LogP) is 2.58. The zero-order chi connectivity index (χ0) is 15.3. The largest absolute Gasteiger partial charge is 0.396 e. The number of aliphatic hydroxyl groups excluding tert-OH is 1. The van der Waals surface area contributed by atoms with Crippen molar-refractivity contribution in [2.45, 2.75) is 45.2 Å². The molecule has 0 aliphatic heterocycles. The number of nitrogens with zero attached hydrogens (tertiary/aromatic N) is 2. The normalized spacial score (nSPS) is 13.3. The molecule has 0 saturated heterocycles. The van der Waals surface area contributed by atoms with Crippen molar-refractivity contribution in [2.75, 3.05) is 6.61 Å². The van der Waals surface area contributed by atoms with E-state index in [1.807, 2.05) is 51.1 Å². The average Bonchev–Trinajstić information content (AvgIpc) is 2.93. The lowest BCUT2D eigenvalue weighted by Gasteiger charge is -2.17. The Morgan fingerprint density at radius 2 is 1.95 bits per heavy atom. The predicted molar refractivity (Wildman–Crippen MR) is 80.7 cm³/mol. The Morgan fingerprint density at radius 1 is 1.24 bits per heavy atom. The number of benzene rings is 1. The van der Waals surface area contributed by atoms with Crippen LogP contribution in [0.1, 0.15) is 50.5 Å². The summed E-state index contributed by atoms with van der Waals surface area (Å²) < 4.78 is 5.28. The molecule has 0 saturated carbocycles. The minimum atomic E-state index is -0.144. The molecule has 0 amide bonds.